The molecule has 0 saturated heterocycles. The fourth-order valence-electron chi connectivity index (χ4n) is 2.26. The Hall–Kier alpha value is -2.11. The van der Waals surface area contributed by atoms with E-state index in [0.717, 1.165) is 11.1 Å². The Kier molecular flexibility index (Phi) is 8.95. The molecule has 0 saturated carbocycles. The fraction of sp³-hybridized carbons (Fsp3) is 0.316. The van der Waals surface area contributed by atoms with Gasteiger partial charge in [0.05, 0.1) is 0 Å². The van der Waals surface area contributed by atoms with Crippen LogP contribution in [0.15, 0.2) is 48.5 Å². The summed E-state index contributed by atoms with van der Waals surface area (Å²) in [5.74, 6) is 0.396. The highest BCUT2D eigenvalue weighted by Crippen LogP contribution is 2.15. The van der Waals surface area contributed by atoms with Crippen molar-refractivity contribution in [2.45, 2.75) is 20.1 Å². The number of amides is 1. The normalized spacial score (nSPS) is 11.3. The smallest absolute Gasteiger partial charge is 0.224 e. The van der Waals surface area contributed by atoms with Crippen LogP contribution in [0.2, 0.25) is 0 Å². The van der Waals surface area contributed by atoms with Crippen LogP contribution in [0.5, 0.6) is 5.75 Å². The standard InChI is InChI=1S/C19H23FN2O2.ClH/c1-14(11-21-2)19(23)22-12-15-6-8-18(9-7-15)24-13-16-4-3-5-17(20)10-16;/h3-10,14,21H,11-13H2,1-2H3,(H,22,23);1H. The zero-order valence-corrected chi connectivity index (χ0v) is 15.2. The molecule has 0 aliphatic heterocycles. The first-order valence-corrected chi connectivity index (χ1v) is 7.97. The summed E-state index contributed by atoms with van der Waals surface area (Å²) in [6.07, 6.45) is 0. The zero-order chi connectivity index (χ0) is 17.4. The number of benzene rings is 2. The summed E-state index contributed by atoms with van der Waals surface area (Å²) >= 11 is 0. The third-order valence-corrected chi connectivity index (χ3v) is 3.64. The molecule has 0 fully saturated rings. The second-order valence-electron chi connectivity index (χ2n) is 5.74. The van der Waals surface area contributed by atoms with Crippen molar-refractivity contribution in [2.75, 3.05) is 13.6 Å². The van der Waals surface area contributed by atoms with Gasteiger partial charge >= 0.3 is 0 Å². The van der Waals surface area contributed by atoms with Crippen molar-refractivity contribution < 1.29 is 13.9 Å². The Bertz CT molecular complexity index is 665. The van der Waals surface area contributed by atoms with E-state index in [-0.39, 0.29) is 30.0 Å². The topological polar surface area (TPSA) is 50.4 Å². The highest BCUT2D eigenvalue weighted by molar-refractivity contribution is 5.85. The second kappa shape index (κ2) is 10.7. The minimum Gasteiger partial charge on any atom is -0.489 e. The molecule has 4 nitrogen and oxygen atoms in total. The average molecular weight is 367 g/mol. The number of hydrogen-bond acceptors (Lipinski definition) is 3. The van der Waals surface area contributed by atoms with Crippen molar-refractivity contribution in [3.05, 3.63) is 65.5 Å². The number of carbonyl (C=O) groups excluding carboxylic acids is 1. The summed E-state index contributed by atoms with van der Waals surface area (Å²) in [5.41, 5.74) is 1.78. The zero-order valence-electron chi connectivity index (χ0n) is 14.4. The summed E-state index contributed by atoms with van der Waals surface area (Å²) in [4.78, 5) is 11.9. The number of rotatable bonds is 8. The van der Waals surface area contributed by atoms with Gasteiger partial charge in [-0.05, 0) is 42.4 Å². The molecule has 0 aliphatic carbocycles. The molecule has 1 atom stereocenters. The number of ether oxygens (including phenoxy) is 1. The van der Waals surface area contributed by atoms with Crippen LogP contribution in [0.4, 0.5) is 4.39 Å². The summed E-state index contributed by atoms with van der Waals surface area (Å²) in [6, 6.07) is 13.8. The summed E-state index contributed by atoms with van der Waals surface area (Å²) in [5, 5.41) is 5.89. The maximum absolute atomic E-state index is 13.1. The van der Waals surface area contributed by atoms with Crippen LogP contribution < -0.4 is 15.4 Å². The van der Waals surface area contributed by atoms with E-state index in [0.29, 0.717) is 25.4 Å². The van der Waals surface area contributed by atoms with E-state index in [9.17, 15) is 9.18 Å². The van der Waals surface area contributed by atoms with Crippen LogP contribution in [0.1, 0.15) is 18.1 Å². The lowest BCUT2D eigenvalue weighted by Crippen LogP contribution is -2.33. The Morgan fingerprint density at radius 1 is 1.16 bits per heavy atom. The molecule has 0 bridgehead atoms. The Labute approximate surface area is 154 Å². The fourth-order valence-corrected chi connectivity index (χ4v) is 2.26. The lowest BCUT2D eigenvalue weighted by Gasteiger charge is -2.12. The van der Waals surface area contributed by atoms with Crippen molar-refractivity contribution in [1.82, 2.24) is 10.6 Å². The molecule has 1 amide bonds. The molecule has 0 aliphatic rings. The minimum absolute atomic E-state index is 0. The minimum atomic E-state index is -0.269. The van der Waals surface area contributed by atoms with Gasteiger partial charge in [0.15, 0.2) is 0 Å². The Balaban J connectivity index is 0.00000312. The molecule has 0 radical (unpaired) electrons. The molecular formula is C19H24ClFN2O2. The molecule has 2 aromatic carbocycles. The molecule has 2 rings (SSSR count). The van der Waals surface area contributed by atoms with Crippen LogP contribution in [0.3, 0.4) is 0 Å². The molecule has 25 heavy (non-hydrogen) atoms. The summed E-state index contributed by atoms with van der Waals surface area (Å²) in [6.45, 7) is 3.33. The Morgan fingerprint density at radius 2 is 1.88 bits per heavy atom. The number of nitrogens with one attached hydrogen (secondary N) is 2. The van der Waals surface area contributed by atoms with Gasteiger partial charge in [-0.1, -0.05) is 31.2 Å². The molecule has 136 valence electrons. The van der Waals surface area contributed by atoms with E-state index >= 15 is 0 Å². The molecule has 0 heterocycles. The third kappa shape index (κ3) is 7.11. The molecule has 6 heteroatoms. The van der Waals surface area contributed by atoms with E-state index in [1.807, 2.05) is 44.3 Å². The monoisotopic (exact) mass is 366 g/mol. The summed E-state index contributed by atoms with van der Waals surface area (Å²) < 4.78 is 18.7. The van der Waals surface area contributed by atoms with Gasteiger partial charge in [-0.3, -0.25) is 4.79 Å². The van der Waals surface area contributed by atoms with Crippen LogP contribution in [0.25, 0.3) is 0 Å². The Morgan fingerprint density at radius 3 is 2.52 bits per heavy atom. The van der Waals surface area contributed by atoms with E-state index in [1.54, 1.807) is 6.07 Å². The SMILES string of the molecule is CNCC(C)C(=O)NCc1ccc(OCc2cccc(F)c2)cc1.Cl. The lowest BCUT2D eigenvalue weighted by atomic mass is 10.1. The van der Waals surface area contributed by atoms with Gasteiger partial charge in [0.1, 0.15) is 18.2 Å². The molecule has 2 aromatic rings. The van der Waals surface area contributed by atoms with Gasteiger partial charge in [0, 0.05) is 19.0 Å². The van der Waals surface area contributed by atoms with Gasteiger partial charge in [-0.2, -0.15) is 0 Å². The van der Waals surface area contributed by atoms with Crippen LogP contribution in [-0.2, 0) is 17.9 Å². The average Bonchev–Trinajstić information content (AvgIpc) is 2.59. The third-order valence-electron chi connectivity index (χ3n) is 3.64. The van der Waals surface area contributed by atoms with E-state index < -0.39 is 0 Å². The van der Waals surface area contributed by atoms with E-state index in [1.165, 1.54) is 12.1 Å². The van der Waals surface area contributed by atoms with Crippen LogP contribution >= 0.6 is 12.4 Å². The van der Waals surface area contributed by atoms with Gasteiger partial charge in [0.2, 0.25) is 5.91 Å². The van der Waals surface area contributed by atoms with Gasteiger partial charge < -0.3 is 15.4 Å². The van der Waals surface area contributed by atoms with Crippen LogP contribution in [0, 0.1) is 11.7 Å². The molecule has 0 aromatic heterocycles. The quantitative estimate of drug-likeness (QED) is 0.753. The van der Waals surface area contributed by atoms with Crippen molar-refractivity contribution in [2.24, 2.45) is 5.92 Å². The maximum atomic E-state index is 13.1. The molecule has 1 unspecified atom stereocenters. The first-order chi connectivity index (χ1) is 11.6. The lowest BCUT2D eigenvalue weighted by molar-refractivity contribution is -0.124. The largest absolute Gasteiger partial charge is 0.489 e. The highest BCUT2D eigenvalue weighted by atomic mass is 35.5. The first kappa shape index (κ1) is 20.9. The summed E-state index contributed by atoms with van der Waals surface area (Å²) in [7, 11) is 1.83. The molecule has 0 spiro atoms. The first-order valence-electron chi connectivity index (χ1n) is 7.97. The predicted octanol–water partition coefficient (Wildman–Crippen LogP) is 3.30. The van der Waals surface area contributed by atoms with E-state index in [2.05, 4.69) is 10.6 Å². The van der Waals surface area contributed by atoms with Gasteiger partial charge in [-0.25, -0.2) is 4.39 Å². The van der Waals surface area contributed by atoms with Crippen molar-refractivity contribution in [1.29, 1.82) is 0 Å². The molecule has 2 N–H and O–H groups in total. The number of carbonyl (C=O) groups is 1. The van der Waals surface area contributed by atoms with Gasteiger partial charge in [-0.15, -0.1) is 12.4 Å². The second-order valence-corrected chi connectivity index (χ2v) is 5.74. The van der Waals surface area contributed by atoms with Crippen molar-refractivity contribution in [3.8, 4) is 5.75 Å². The molecular weight excluding hydrogens is 343 g/mol. The van der Waals surface area contributed by atoms with Crippen molar-refractivity contribution >= 4 is 18.3 Å². The highest BCUT2D eigenvalue weighted by Gasteiger charge is 2.10. The maximum Gasteiger partial charge on any atom is 0.224 e. The predicted molar refractivity (Wildman–Crippen MR) is 99.4 cm³/mol. The van der Waals surface area contributed by atoms with Crippen LogP contribution in [-0.4, -0.2) is 19.5 Å². The van der Waals surface area contributed by atoms with Crippen molar-refractivity contribution in [3.63, 3.8) is 0 Å². The van der Waals surface area contributed by atoms with E-state index in [4.69, 9.17) is 4.74 Å². The number of halogens is 2. The van der Waals surface area contributed by atoms with Gasteiger partial charge in [0.25, 0.3) is 0 Å². The number of hydrogen-bond donors (Lipinski definition) is 2.